The van der Waals surface area contributed by atoms with E-state index < -0.39 is 0 Å². The SMILES string of the molecule is COc1ccc(CNC(=O)COc2ccc(CC#N)cc2)cc1. The number of ether oxygens (including phenoxy) is 2. The number of carbonyl (C=O) groups excluding carboxylic acids is 1. The first-order valence-corrected chi connectivity index (χ1v) is 7.19. The van der Waals surface area contributed by atoms with E-state index >= 15 is 0 Å². The molecule has 0 aliphatic heterocycles. The predicted octanol–water partition coefficient (Wildman–Crippen LogP) is 2.46. The molecule has 2 rings (SSSR count). The van der Waals surface area contributed by atoms with Gasteiger partial charge in [0, 0.05) is 6.54 Å². The first-order chi connectivity index (χ1) is 11.2. The highest BCUT2D eigenvalue weighted by Crippen LogP contribution is 2.13. The van der Waals surface area contributed by atoms with E-state index in [1.165, 1.54) is 0 Å². The van der Waals surface area contributed by atoms with Gasteiger partial charge in [0.15, 0.2) is 6.61 Å². The molecule has 0 heterocycles. The number of rotatable bonds is 7. The molecule has 0 radical (unpaired) electrons. The number of nitrogens with one attached hydrogen (secondary N) is 1. The summed E-state index contributed by atoms with van der Waals surface area (Å²) >= 11 is 0. The normalized spacial score (nSPS) is 9.74. The third-order valence-corrected chi connectivity index (χ3v) is 3.23. The Labute approximate surface area is 135 Å². The molecule has 23 heavy (non-hydrogen) atoms. The van der Waals surface area contributed by atoms with Crippen LogP contribution in [0.15, 0.2) is 48.5 Å². The highest BCUT2D eigenvalue weighted by atomic mass is 16.5. The summed E-state index contributed by atoms with van der Waals surface area (Å²) in [5, 5.41) is 11.4. The highest BCUT2D eigenvalue weighted by molar-refractivity contribution is 5.77. The van der Waals surface area contributed by atoms with Gasteiger partial charge in [-0.3, -0.25) is 4.79 Å². The molecular formula is C18H18N2O3. The number of nitrogens with zero attached hydrogens (tertiary/aromatic N) is 1. The molecule has 5 heteroatoms. The average molecular weight is 310 g/mol. The van der Waals surface area contributed by atoms with Gasteiger partial charge in [0.05, 0.1) is 19.6 Å². The van der Waals surface area contributed by atoms with E-state index in [0.29, 0.717) is 18.7 Å². The molecule has 0 atom stereocenters. The van der Waals surface area contributed by atoms with Gasteiger partial charge in [-0.05, 0) is 35.4 Å². The van der Waals surface area contributed by atoms with Gasteiger partial charge in [-0.1, -0.05) is 24.3 Å². The lowest BCUT2D eigenvalue weighted by Gasteiger charge is -2.08. The lowest BCUT2D eigenvalue weighted by Crippen LogP contribution is -2.28. The fourth-order valence-electron chi connectivity index (χ4n) is 1.94. The molecule has 2 aromatic rings. The van der Waals surface area contributed by atoms with Crippen molar-refractivity contribution in [1.82, 2.24) is 5.32 Å². The summed E-state index contributed by atoms with van der Waals surface area (Å²) < 4.78 is 10.5. The molecule has 0 aliphatic rings. The number of nitriles is 1. The maximum absolute atomic E-state index is 11.8. The second kappa shape index (κ2) is 8.44. The molecule has 118 valence electrons. The van der Waals surface area contributed by atoms with Crippen molar-refractivity contribution in [2.75, 3.05) is 13.7 Å². The van der Waals surface area contributed by atoms with Crippen molar-refractivity contribution in [3.63, 3.8) is 0 Å². The number of hydrogen-bond donors (Lipinski definition) is 1. The molecule has 1 N–H and O–H groups in total. The molecule has 0 saturated heterocycles. The van der Waals surface area contributed by atoms with Crippen LogP contribution in [0, 0.1) is 11.3 Å². The lowest BCUT2D eigenvalue weighted by molar-refractivity contribution is -0.123. The maximum atomic E-state index is 11.8. The van der Waals surface area contributed by atoms with Crippen LogP contribution in [0.2, 0.25) is 0 Å². The maximum Gasteiger partial charge on any atom is 0.258 e. The minimum Gasteiger partial charge on any atom is -0.497 e. The van der Waals surface area contributed by atoms with Crippen molar-refractivity contribution in [1.29, 1.82) is 5.26 Å². The molecular weight excluding hydrogens is 292 g/mol. The summed E-state index contributed by atoms with van der Waals surface area (Å²) in [6, 6.07) is 16.7. The molecule has 0 aliphatic carbocycles. The molecule has 0 fully saturated rings. The monoisotopic (exact) mass is 310 g/mol. The number of carbonyl (C=O) groups is 1. The van der Waals surface area contributed by atoms with Crippen LogP contribution in [0.3, 0.4) is 0 Å². The van der Waals surface area contributed by atoms with Crippen molar-refractivity contribution in [2.45, 2.75) is 13.0 Å². The second-order valence-corrected chi connectivity index (χ2v) is 4.89. The summed E-state index contributed by atoms with van der Waals surface area (Å²) in [4.78, 5) is 11.8. The van der Waals surface area contributed by atoms with E-state index in [1.54, 1.807) is 19.2 Å². The summed E-state index contributed by atoms with van der Waals surface area (Å²) in [6.07, 6.45) is 0.364. The number of methoxy groups -OCH3 is 1. The van der Waals surface area contributed by atoms with E-state index in [2.05, 4.69) is 11.4 Å². The predicted molar refractivity (Wildman–Crippen MR) is 86.1 cm³/mol. The average Bonchev–Trinajstić information content (AvgIpc) is 2.60. The van der Waals surface area contributed by atoms with Crippen LogP contribution in [-0.2, 0) is 17.8 Å². The molecule has 0 spiro atoms. The summed E-state index contributed by atoms with van der Waals surface area (Å²) in [7, 11) is 1.61. The Morgan fingerprint density at radius 3 is 2.26 bits per heavy atom. The lowest BCUT2D eigenvalue weighted by atomic mass is 10.2. The zero-order chi connectivity index (χ0) is 16.5. The highest BCUT2D eigenvalue weighted by Gasteiger charge is 2.03. The van der Waals surface area contributed by atoms with Crippen molar-refractivity contribution in [3.8, 4) is 17.6 Å². The number of hydrogen-bond acceptors (Lipinski definition) is 4. The largest absolute Gasteiger partial charge is 0.497 e. The van der Waals surface area contributed by atoms with Gasteiger partial charge in [0.2, 0.25) is 0 Å². The second-order valence-electron chi connectivity index (χ2n) is 4.89. The minimum atomic E-state index is -0.193. The number of benzene rings is 2. The molecule has 5 nitrogen and oxygen atoms in total. The third-order valence-electron chi connectivity index (χ3n) is 3.23. The molecule has 0 unspecified atom stereocenters. The minimum absolute atomic E-state index is 0.0479. The fraction of sp³-hybridized carbons (Fsp3) is 0.222. The van der Waals surface area contributed by atoms with Crippen LogP contribution < -0.4 is 14.8 Å². The van der Waals surface area contributed by atoms with E-state index in [1.807, 2.05) is 36.4 Å². The Morgan fingerprint density at radius 1 is 1.04 bits per heavy atom. The molecule has 0 saturated carbocycles. The standard InChI is InChI=1S/C18H18N2O3/c1-22-16-6-4-15(5-7-16)12-20-18(21)13-23-17-8-2-14(3-9-17)10-11-19/h2-9H,10,12-13H2,1H3,(H,20,21). The van der Waals surface area contributed by atoms with Gasteiger partial charge in [0.25, 0.3) is 5.91 Å². The molecule has 0 aromatic heterocycles. The van der Waals surface area contributed by atoms with Crippen LogP contribution in [0.1, 0.15) is 11.1 Å². The first-order valence-electron chi connectivity index (χ1n) is 7.19. The van der Waals surface area contributed by atoms with Gasteiger partial charge >= 0.3 is 0 Å². The summed E-state index contributed by atoms with van der Waals surface area (Å²) in [5.41, 5.74) is 1.91. The Morgan fingerprint density at radius 2 is 1.65 bits per heavy atom. The van der Waals surface area contributed by atoms with E-state index in [4.69, 9.17) is 14.7 Å². The van der Waals surface area contributed by atoms with Gasteiger partial charge in [-0.2, -0.15) is 5.26 Å². The fourth-order valence-corrected chi connectivity index (χ4v) is 1.94. The Bertz CT molecular complexity index is 673. The van der Waals surface area contributed by atoms with E-state index in [0.717, 1.165) is 16.9 Å². The van der Waals surface area contributed by atoms with E-state index in [9.17, 15) is 4.79 Å². The number of amides is 1. The topological polar surface area (TPSA) is 71.3 Å². The Hall–Kier alpha value is -3.00. The van der Waals surface area contributed by atoms with Crippen LogP contribution >= 0.6 is 0 Å². The summed E-state index contributed by atoms with van der Waals surface area (Å²) in [5.74, 6) is 1.19. The van der Waals surface area contributed by atoms with Crippen LogP contribution in [0.4, 0.5) is 0 Å². The van der Waals surface area contributed by atoms with Crippen molar-refractivity contribution < 1.29 is 14.3 Å². The zero-order valence-corrected chi connectivity index (χ0v) is 12.9. The molecule has 2 aromatic carbocycles. The molecule has 1 amide bonds. The third kappa shape index (κ3) is 5.36. The zero-order valence-electron chi connectivity index (χ0n) is 12.9. The Balaban J connectivity index is 1.75. The van der Waals surface area contributed by atoms with Gasteiger partial charge in [-0.25, -0.2) is 0 Å². The van der Waals surface area contributed by atoms with Crippen LogP contribution in [0.25, 0.3) is 0 Å². The quantitative estimate of drug-likeness (QED) is 0.852. The Kier molecular flexibility index (Phi) is 6.01. The van der Waals surface area contributed by atoms with Crippen molar-refractivity contribution >= 4 is 5.91 Å². The molecule has 0 bridgehead atoms. The van der Waals surface area contributed by atoms with Crippen LogP contribution in [-0.4, -0.2) is 19.6 Å². The smallest absolute Gasteiger partial charge is 0.258 e. The van der Waals surface area contributed by atoms with Crippen molar-refractivity contribution in [3.05, 3.63) is 59.7 Å². The first kappa shape index (κ1) is 16.4. The van der Waals surface area contributed by atoms with Crippen LogP contribution in [0.5, 0.6) is 11.5 Å². The van der Waals surface area contributed by atoms with Gasteiger partial charge in [0.1, 0.15) is 11.5 Å². The van der Waals surface area contributed by atoms with Gasteiger partial charge < -0.3 is 14.8 Å². The van der Waals surface area contributed by atoms with E-state index in [-0.39, 0.29) is 12.5 Å². The summed E-state index contributed by atoms with van der Waals surface area (Å²) in [6.45, 7) is 0.390. The van der Waals surface area contributed by atoms with Crippen molar-refractivity contribution in [2.24, 2.45) is 0 Å². The van der Waals surface area contributed by atoms with Gasteiger partial charge in [-0.15, -0.1) is 0 Å².